The summed E-state index contributed by atoms with van der Waals surface area (Å²) in [5.41, 5.74) is 1.46. The highest BCUT2D eigenvalue weighted by Gasteiger charge is 2.19. The molecule has 150 valence electrons. The van der Waals surface area contributed by atoms with E-state index in [9.17, 15) is 22.0 Å². The number of rotatable bonds is 6. The van der Waals surface area contributed by atoms with Crippen molar-refractivity contribution in [2.24, 2.45) is 0 Å². The number of hydrogen-bond acceptors (Lipinski definition) is 3. The number of hydrogen-bond donors (Lipinski definition) is 2. The number of aryl methyl sites for hydroxylation is 1. The van der Waals surface area contributed by atoms with Gasteiger partial charge >= 0.3 is 0 Å². The molecule has 0 bridgehead atoms. The highest BCUT2D eigenvalue weighted by molar-refractivity contribution is 7.89. The lowest BCUT2D eigenvalue weighted by Gasteiger charge is -2.10. The fourth-order valence-corrected chi connectivity index (χ4v) is 3.62. The molecule has 8 heteroatoms. The molecule has 3 aromatic carbocycles. The number of nitrogens with one attached hydrogen (secondary N) is 2. The molecule has 0 radical (unpaired) electrons. The first-order chi connectivity index (χ1) is 13.7. The Bertz CT molecular complexity index is 1150. The topological polar surface area (TPSA) is 75.3 Å². The maximum atomic E-state index is 14.1. The van der Waals surface area contributed by atoms with Crippen molar-refractivity contribution in [3.8, 4) is 0 Å². The van der Waals surface area contributed by atoms with Gasteiger partial charge in [0, 0.05) is 12.2 Å². The predicted molar refractivity (Wildman–Crippen MR) is 106 cm³/mol. The second-order valence-electron chi connectivity index (χ2n) is 6.42. The van der Waals surface area contributed by atoms with Crippen molar-refractivity contribution in [2.75, 3.05) is 5.32 Å². The smallest absolute Gasteiger partial charge is 0.258 e. The van der Waals surface area contributed by atoms with Crippen LogP contribution in [0.5, 0.6) is 0 Å². The van der Waals surface area contributed by atoms with Crippen molar-refractivity contribution in [3.05, 3.63) is 95.1 Å². The molecule has 0 heterocycles. The zero-order valence-electron chi connectivity index (χ0n) is 15.4. The molecule has 29 heavy (non-hydrogen) atoms. The van der Waals surface area contributed by atoms with E-state index in [0.717, 1.165) is 35.4 Å². The van der Waals surface area contributed by atoms with Crippen molar-refractivity contribution in [3.63, 3.8) is 0 Å². The molecule has 0 saturated carbocycles. The highest BCUT2D eigenvalue weighted by Crippen LogP contribution is 2.18. The van der Waals surface area contributed by atoms with Crippen LogP contribution in [0.1, 0.15) is 21.5 Å². The van der Waals surface area contributed by atoms with Crippen LogP contribution in [0.25, 0.3) is 0 Å². The zero-order valence-corrected chi connectivity index (χ0v) is 16.3. The van der Waals surface area contributed by atoms with Gasteiger partial charge in [-0.2, -0.15) is 0 Å². The second kappa shape index (κ2) is 8.50. The van der Waals surface area contributed by atoms with E-state index in [1.54, 1.807) is 12.1 Å². The van der Waals surface area contributed by atoms with Gasteiger partial charge in [-0.1, -0.05) is 35.9 Å². The van der Waals surface area contributed by atoms with Gasteiger partial charge in [0.15, 0.2) is 0 Å². The van der Waals surface area contributed by atoms with Gasteiger partial charge in [-0.15, -0.1) is 0 Å². The van der Waals surface area contributed by atoms with Gasteiger partial charge in [0.1, 0.15) is 11.6 Å². The van der Waals surface area contributed by atoms with Gasteiger partial charge in [0.2, 0.25) is 10.0 Å². The number of halogens is 2. The number of anilines is 1. The molecule has 0 aromatic heterocycles. The van der Waals surface area contributed by atoms with Gasteiger partial charge in [0.25, 0.3) is 5.91 Å². The summed E-state index contributed by atoms with van der Waals surface area (Å²) >= 11 is 0. The molecule has 0 aliphatic heterocycles. The van der Waals surface area contributed by atoms with E-state index in [0.29, 0.717) is 0 Å². The number of carbonyl (C=O) groups is 1. The van der Waals surface area contributed by atoms with Crippen molar-refractivity contribution in [1.82, 2.24) is 4.72 Å². The van der Waals surface area contributed by atoms with Gasteiger partial charge in [-0.25, -0.2) is 21.9 Å². The van der Waals surface area contributed by atoms with Crippen molar-refractivity contribution >= 4 is 21.6 Å². The third-order valence-electron chi connectivity index (χ3n) is 4.16. The lowest BCUT2D eigenvalue weighted by Crippen LogP contribution is -2.24. The SMILES string of the molecule is Cc1ccc(CNS(=O)(=O)c2ccc(F)c(C(=O)Nc3cccc(F)c3)c2)cc1. The van der Waals surface area contributed by atoms with Gasteiger partial charge < -0.3 is 5.32 Å². The minimum atomic E-state index is -3.98. The Labute approximate surface area is 167 Å². The average Bonchev–Trinajstić information content (AvgIpc) is 2.67. The van der Waals surface area contributed by atoms with Crippen LogP contribution in [0, 0.1) is 18.6 Å². The predicted octanol–water partition coefficient (Wildman–Crippen LogP) is 4.00. The number of carbonyl (C=O) groups excluding carboxylic acids is 1. The van der Waals surface area contributed by atoms with Crippen molar-refractivity contribution in [2.45, 2.75) is 18.4 Å². The van der Waals surface area contributed by atoms with Crippen LogP contribution in [0.15, 0.2) is 71.6 Å². The third-order valence-corrected chi connectivity index (χ3v) is 5.56. The van der Waals surface area contributed by atoms with Crippen LogP contribution in [0.2, 0.25) is 0 Å². The van der Waals surface area contributed by atoms with E-state index >= 15 is 0 Å². The summed E-state index contributed by atoms with van der Waals surface area (Å²) in [6.07, 6.45) is 0. The quantitative estimate of drug-likeness (QED) is 0.638. The number of amides is 1. The Morgan fingerprint density at radius 1 is 0.966 bits per heavy atom. The Morgan fingerprint density at radius 2 is 1.69 bits per heavy atom. The van der Waals surface area contributed by atoms with Crippen LogP contribution < -0.4 is 10.0 Å². The molecule has 0 unspecified atom stereocenters. The molecule has 3 aromatic rings. The summed E-state index contributed by atoms with van der Waals surface area (Å²) in [4.78, 5) is 12.1. The van der Waals surface area contributed by atoms with E-state index < -0.39 is 33.1 Å². The molecule has 0 fully saturated rings. The largest absolute Gasteiger partial charge is 0.322 e. The van der Waals surface area contributed by atoms with Crippen LogP contribution >= 0.6 is 0 Å². The molecule has 0 aliphatic rings. The summed E-state index contributed by atoms with van der Waals surface area (Å²) in [5.74, 6) is -2.35. The maximum Gasteiger partial charge on any atom is 0.258 e. The molecular weight excluding hydrogens is 398 g/mol. The lowest BCUT2D eigenvalue weighted by molar-refractivity contribution is 0.102. The molecule has 0 spiro atoms. The summed E-state index contributed by atoms with van der Waals surface area (Å²) < 4.78 is 54.9. The van der Waals surface area contributed by atoms with E-state index in [4.69, 9.17) is 0 Å². The summed E-state index contributed by atoms with van der Waals surface area (Å²) in [6.45, 7) is 1.97. The van der Waals surface area contributed by atoms with Crippen LogP contribution in [-0.4, -0.2) is 14.3 Å². The van der Waals surface area contributed by atoms with Crippen molar-refractivity contribution in [1.29, 1.82) is 0 Å². The fourth-order valence-electron chi connectivity index (χ4n) is 2.58. The Morgan fingerprint density at radius 3 is 2.38 bits per heavy atom. The zero-order chi connectivity index (χ0) is 21.0. The summed E-state index contributed by atoms with van der Waals surface area (Å²) in [5, 5.41) is 2.35. The highest BCUT2D eigenvalue weighted by atomic mass is 32.2. The van der Waals surface area contributed by atoms with Gasteiger partial charge in [-0.05, 0) is 48.9 Å². The maximum absolute atomic E-state index is 14.1. The average molecular weight is 416 g/mol. The van der Waals surface area contributed by atoms with Gasteiger partial charge in [0.05, 0.1) is 10.5 Å². The lowest BCUT2D eigenvalue weighted by atomic mass is 10.2. The van der Waals surface area contributed by atoms with Crippen LogP contribution in [0.3, 0.4) is 0 Å². The molecule has 1 amide bonds. The monoisotopic (exact) mass is 416 g/mol. The minimum absolute atomic E-state index is 0.0464. The number of benzene rings is 3. The summed E-state index contributed by atoms with van der Waals surface area (Å²) in [7, 11) is -3.98. The molecule has 3 rings (SSSR count). The fraction of sp³-hybridized carbons (Fsp3) is 0.0952. The second-order valence-corrected chi connectivity index (χ2v) is 8.18. The Hall–Kier alpha value is -3.10. The number of sulfonamides is 1. The van der Waals surface area contributed by atoms with Crippen LogP contribution in [-0.2, 0) is 16.6 Å². The van der Waals surface area contributed by atoms with Crippen LogP contribution in [0.4, 0.5) is 14.5 Å². The third kappa shape index (κ3) is 5.24. The Kier molecular flexibility index (Phi) is 6.05. The molecule has 5 nitrogen and oxygen atoms in total. The van der Waals surface area contributed by atoms with E-state index in [2.05, 4.69) is 10.0 Å². The van der Waals surface area contributed by atoms with E-state index in [1.165, 1.54) is 18.2 Å². The van der Waals surface area contributed by atoms with E-state index in [-0.39, 0.29) is 17.1 Å². The first kappa shape index (κ1) is 20.6. The van der Waals surface area contributed by atoms with Crippen molar-refractivity contribution < 1.29 is 22.0 Å². The molecule has 0 saturated heterocycles. The molecule has 2 N–H and O–H groups in total. The molecule has 0 aliphatic carbocycles. The minimum Gasteiger partial charge on any atom is -0.322 e. The summed E-state index contributed by atoms with van der Waals surface area (Å²) in [6, 6.07) is 15.3. The standard InChI is InChI=1S/C21H18F2N2O3S/c1-14-5-7-15(8-6-14)13-24-29(27,28)18-9-10-20(23)19(12-18)21(26)25-17-4-2-3-16(22)11-17/h2-12,24H,13H2,1H3,(H,25,26). The van der Waals surface area contributed by atoms with Gasteiger partial charge in [-0.3, -0.25) is 4.79 Å². The van der Waals surface area contributed by atoms with E-state index in [1.807, 2.05) is 19.1 Å². The first-order valence-electron chi connectivity index (χ1n) is 8.66. The molecule has 0 atom stereocenters. The normalized spacial score (nSPS) is 11.3. The first-order valence-corrected chi connectivity index (χ1v) is 10.1. The Balaban J connectivity index is 1.79. The molecular formula is C21H18F2N2O3S.